The molecule has 8 heteroatoms. The summed E-state index contributed by atoms with van der Waals surface area (Å²) < 4.78 is 0. The standard InChI is InChI=1S/C11H21N5O3/c1-13-10(18)8-15-2-4-16(5-3-15)11(19)7-14-9(17)6-12/h2-8,12H2,1H3,(H,13,18)(H,14,17). The zero-order chi connectivity index (χ0) is 14.3. The highest BCUT2D eigenvalue weighted by atomic mass is 16.2. The first kappa shape index (κ1) is 15.4. The number of nitrogens with one attached hydrogen (secondary N) is 2. The molecule has 1 aliphatic rings. The van der Waals surface area contributed by atoms with Crippen molar-refractivity contribution in [3.63, 3.8) is 0 Å². The number of piperazine rings is 1. The molecule has 19 heavy (non-hydrogen) atoms. The molecule has 0 unspecified atom stereocenters. The normalized spacial score (nSPS) is 16.0. The third-order valence-corrected chi connectivity index (χ3v) is 2.99. The molecule has 3 amide bonds. The van der Waals surface area contributed by atoms with Crippen molar-refractivity contribution in [3.8, 4) is 0 Å². The molecule has 0 aromatic carbocycles. The summed E-state index contributed by atoms with van der Waals surface area (Å²) in [6, 6.07) is 0. The van der Waals surface area contributed by atoms with Gasteiger partial charge in [-0.3, -0.25) is 19.3 Å². The summed E-state index contributed by atoms with van der Waals surface area (Å²) in [5, 5.41) is 5.01. The van der Waals surface area contributed by atoms with Crippen LogP contribution in [-0.2, 0) is 14.4 Å². The summed E-state index contributed by atoms with van der Waals surface area (Å²) in [5.74, 6) is -0.497. The minimum absolute atomic E-state index is 0.0223. The summed E-state index contributed by atoms with van der Waals surface area (Å²) in [6.07, 6.45) is 0. The number of hydrogen-bond donors (Lipinski definition) is 3. The van der Waals surface area contributed by atoms with E-state index >= 15 is 0 Å². The summed E-state index contributed by atoms with van der Waals surface area (Å²) in [4.78, 5) is 37.6. The molecule has 0 radical (unpaired) electrons. The van der Waals surface area contributed by atoms with E-state index < -0.39 is 0 Å². The van der Waals surface area contributed by atoms with E-state index in [0.29, 0.717) is 32.7 Å². The summed E-state index contributed by atoms with van der Waals surface area (Å²) in [7, 11) is 1.60. The van der Waals surface area contributed by atoms with Crippen LogP contribution in [0.2, 0.25) is 0 Å². The van der Waals surface area contributed by atoms with Crippen LogP contribution in [0.1, 0.15) is 0 Å². The average Bonchev–Trinajstić information content (AvgIpc) is 2.44. The Morgan fingerprint density at radius 1 is 1.11 bits per heavy atom. The second-order valence-electron chi connectivity index (χ2n) is 4.31. The molecular formula is C11H21N5O3. The lowest BCUT2D eigenvalue weighted by atomic mass is 10.3. The molecule has 0 spiro atoms. The number of amides is 3. The van der Waals surface area contributed by atoms with Crippen molar-refractivity contribution in [2.24, 2.45) is 5.73 Å². The molecule has 108 valence electrons. The Morgan fingerprint density at radius 2 is 1.74 bits per heavy atom. The van der Waals surface area contributed by atoms with E-state index in [4.69, 9.17) is 5.73 Å². The van der Waals surface area contributed by atoms with Crippen LogP contribution in [0.5, 0.6) is 0 Å². The van der Waals surface area contributed by atoms with E-state index in [1.165, 1.54) is 0 Å². The average molecular weight is 271 g/mol. The summed E-state index contributed by atoms with van der Waals surface area (Å²) in [6.45, 7) is 2.65. The Morgan fingerprint density at radius 3 is 2.26 bits per heavy atom. The molecule has 8 nitrogen and oxygen atoms in total. The molecule has 4 N–H and O–H groups in total. The third-order valence-electron chi connectivity index (χ3n) is 2.99. The summed E-state index contributed by atoms with van der Waals surface area (Å²) in [5.41, 5.74) is 5.13. The number of hydrogen-bond acceptors (Lipinski definition) is 5. The molecule has 1 fully saturated rings. The van der Waals surface area contributed by atoms with Gasteiger partial charge in [0.2, 0.25) is 17.7 Å². The van der Waals surface area contributed by atoms with Crippen LogP contribution < -0.4 is 16.4 Å². The zero-order valence-electron chi connectivity index (χ0n) is 11.1. The highest BCUT2D eigenvalue weighted by Crippen LogP contribution is 2.01. The van der Waals surface area contributed by atoms with Crippen molar-refractivity contribution in [2.45, 2.75) is 0 Å². The topological polar surface area (TPSA) is 108 Å². The van der Waals surface area contributed by atoms with Crippen LogP contribution in [0.25, 0.3) is 0 Å². The fourth-order valence-corrected chi connectivity index (χ4v) is 1.80. The van der Waals surface area contributed by atoms with E-state index in [9.17, 15) is 14.4 Å². The first-order valence-electron chi connectivity index (χ1n) is 6.24. The molecule has 0 atom stereocenters. The van der Waals surface area contributed by atoms with E-state index in [-0.39, 0.29) is 30.8 Å². The van der Waals surface area contributed by atoms with Crippen LogP contribution in [0.15, 0.2) is 0 Å². The molecule has 1 saturated heterocycles. The van der Waals surface area contributed by atoms with Gasteiger partial charge in [-0.2, -0.15) is 0 Å². The van der Waals surface area contributed by atoms with Gasteiger partial charge in [-0.1, -0.05) is 0 Å². The smallest absolute Gasteiger partial charge is 0.242 e. The van der Waals surface area contributed by atoms with Gasteiger partial charge in [0.25, 0.3) is 0 Å². The molecule has 0 aliphatic carbocycles. The maximum absolute atomic E-state index is 11.8. The van der Waals surface area contributed by atoms with Crippen molar-refractivity contribution in [3.05, 3.63) is 0 Å². The number of carbonyl (C=O) groups excluding carboxylic acids is 3. The van der Waals surface area contributed by atoms with Crippen molar-refractivity contribution < 1.29 is 14.4 Å². The van der Waals surface area contributed by atoms with E-state index in [1.807, 2.05) is 4.90 Å². The van der Waals surface area contributed by atoms with Crippen LogP contribution >= 0.6 is 0 Å². The lowest BCUT2D eigenvalue weighted by Crippen LogP contribution is -2.53. The van der Waals surface area contributed by atoms with Crippen molar-refractivity contribution in [1.29, 1.82) is 0 Å². The van der Waals surface area contributed by atoms with Gasteiger partial charge >= 0.3 is 0 Å². The minimum Gasteiger partial charge on any atom is -0.358 e. The minimum atomic E-state index is -0.341. The second kappa shape index (κ2) is 7.70. The van der Waals surface area contributed by atoms with E-state index in [1.54, 1.807) is 11.9 Å². The quantitative estimate of drug-likeness (QED) is 0.492. The Kier molecular flexibility index (Phi) is 6.23. The first-order valence-corrected chi connectivity index (χ1v) is 6.24. The highest BCUT2D eigenvalue weighted by molar-refractivity contribution is 5.85. The number of rotatable bonds is 5. The van der Waals surface area contributed by atoms with Gasteiger partial charge in [-0.05, 0) is 0 Å². The molecule has 0 saturated carbocycles. The van der Waals surface area contributed by atoms with Gasteiger partial charge in [-0.25, -0.2) is 0 Å². The van der Waals surface area contributed by atoms with Gasteiger partial charge < -0.3 is 21.3 Å². The molecule has 0 aromatic rings. The van der Waals surface area contributed by atoms with Crippen LogP contribution in [0.4, 0.5) is 0 Å². The van der Waals surface area contributed by atoms with Gasteiger partial charge in [0, 0.05) is 33.2 Å². The van der Waals surface area contributed by atoms with Gasteiger partial charge in [0.15, 0.2) is 0 Å². The molecular weight excluding hydrogens is 250 g/mol. The molecule has 1 aliphatic heterocycles. The number of carbonyl (C=O) groups is 3. The maximum Gasteiger partial charge on any atom is 0.242 e. The zero-order valence-corrected chi connectivity index (χ0v) is 11.1. The third kappa shape index (κ3) is 5.23. The van der Waals surface area contributed by atoms with Crippen molar-refractivity contribution in [2.75, 3.05) is 52.9 Å². The largest absolute Gasteiger partial charge is 0.358 e. The van der Waals surface area contributed by atoms with Crippen LogP contribution in [0, 0.1) is 0 Å². The number of likely N-dealkylation sites (N-methyl/N-ethyl adjacent to an activating group) is 1. The Hall–Kier alpha value is -1.67. The first-order chi connectivity index (χ1) is 9.06. The van der Waals surface area contributed by atoms with E-state index in [0.717, 1.165) is 0 Å². The lowest BCUT2D eigenvalue weighted by molar-refractivity contribution is -0.134. The van der Waals surface area contributed by atoms with Gasteiger partial charge in [-0.15, -0.1) is 0 Å². The fourth-order valence-electron chi connectivity index (χ4n) is 1.80. The number of nitrogens with zero attached hydrogens (tertiary/aromatic N) is 2. The number of nitrogens with two attached hydrogens (primary N) is 1. The molecule has 1 heterocycles. The van der Waals surface area contributed by atoms with Gasteiger partial charge in [0.1, 0.15) is 0 Å². The van der Waals surface area contributed by atoms with Crippen molar-refractivity contribution >= 4 is 17.7 Å². The predicted octanol–water partition coefficient (Wildman–Crippen LogP) is -3.05. The maximum atomic E-state index is 11.8. The van der Waals surface area contributed by atoms with Crippen molar-refractivity contribution in [1.82, 2.24) is 20.4 Å². The lowest BCUT2D eigenvalue weighted by Gasteiger charge is -2.34. The molecule has 0 bridgehead atoms. The van der Waals surface area contributed by atoms with E-state index in [2.05, 4.69) is 10.6 Å². The predicted molar refractivity (Wildman–Crippen MR) is 69.2 cm³/mol. The SMILES string of the molecule is CNC(=O)CN1CCN(C(=O)CNC(=O)CN)CC1. The van der Waals surface area contributed by atoms with Gasteiger partial charge in [0.05, 0.1) is 19.6 Å². The fraction of sp³-hybridized carbons (Fsp3) is 0.727. The van der Waals surface area contributed by atoms with Crippen LogP contribution in [-0.4, -0.2) is 80.4 Å². The second-order valence-corrected chi connectivity index (χ2v) is 4.31. The Balaban J connectivity index is 2.27. The Labute approximate surface area is 112 Å². The monoisotopic (exact) mass is 271 g/mol. The molecule has 1 rings (SSSR count). The molecule has 0 aromatic heterocycles. The van der Waals surface area contributed by atoms with Crippen LogP contribution in [0.3, 0.4) is 0 Å². The Bertz CT molecular complexity index is 339. The summed E-state index contributed by atoms with van der Waals surface area (Å²) >= 11 is 0. The highest BCUT2D eigenvalue weighted by Gasteiger charge is 2.22.